The Balaban J connectivity index is 1.68. The van der Waals surface area contributed by atoms with Crippen molar-refractivity contribution in [2.45, 2.75) is 26.3 Å². The number of anilines is 1. The molecule has 176 valence electrons. The van der Waals surface area contributed by atoms with E-state index >= 15 is 0 Å². The fourth-order valence-electron chi connectivity index (χ4n) is 4.80. The number of amides is 1. The summed E-state index contributed by atoms with van der Waals surface area (Å²) in [7, 11) is 3.98. The van der Waals surface area contributed by atoms with Crippen molar-refractivity contribution in [1.82, 2.24) is 9.99 Å². The van der Waals surface area contributed by atoms with Gasteiger partial charge in [0, 0.05) is 49.6 Å². The summed E-state index contributed by atoms with van der Waals surface area (Å²) in [6, 6.07) is 23.8. The summed E-state index contributed by atoms with van der Waals surface area (Å²) in [5.41, 5.74) is 6.64. The molecular weight excluding hydrogens is 436 g/mol. The fourth-order valence-corrected chi connectivity index (χ4v) is 4.80. The lowest BCUT2D eigenvalue weighted by molar-refractivity contribution is -0.130. The first-order chi connectivity index (χ1) is 16.8. The Hall–Kier alpha value is -4.19. The molecule has 0 saturated heterocycles. The standard InChI is InChI=1S/C29H28N4O2/c1-18-10-15-23-24(16-18)30-29(35)28(27(23)21-8-6-5-7-9-21)25-17-26(33(31-25)19(2)34)20-11-13-22(14-12-20)32(3)4/h5-16,26H,17H2,1-4H3,(H,30,35). The van der Waals surface area contributed by atoms with Gasteiger partial charge in [0.05, 0.1) is 17.3 Å². The van der Waals surface area contributed by atoms with Gasteiger partial charge in [-0.1, -0.05) is 54.6 Å². The zero-order valence-electron chi connectivity index (χ0n) is 20.4. The minimum Gasteiger partial charge on any atom is -0.378 e. The van der Waals surface area contributed by atoms with Crippen molar-refractivity contribution in [2.75, 3.05) is 19.0 Å². The molecule has 1 unspecified atom stereocenters. The maximum Gasteiger partial charge on any atom is 0.258 e. The van der Waals surface area contributed by atoms with Crippen molar-refractivity contribution in [3.05, 3.63) is 99.8 Å². The molecule has 6 heteroatoms. The van der Waals surface area contributed by atoms with E-state index in [0.29, 0.717) is 17.7 Å². The summed E-state index contributed by atoms with van der Waals surface area (Å²) in [6.07, 6.45) is 0.459. The van der Waals surface area contributed by atoms with E-state index in [-0.39, 0.29) is 17.5 Å². The normalized spacial score (nSPS) is 15.4. The van der Waals surface area contributed by atoms with Gasteiger partial charge in [-0.15, -0.1) is 0 Å². The zero-order chi connectivity index (χ0) is 24.7. The molecule has 2 heterocycles. The highest BCUT2D eigenvalue weighted by atomic mass is 16.2. The number of H-pyrrole nitrogens is 1. The minimum absolute atomic E-state index is 0.157. The van der Waals surface area contributed by atoms with Crippen molar-refractivity contribution >= 4 is 28.2 Å². The van der Waals surface area contributed by atoms with Crippen LogP contribution >= 0.6 is 0 Å². The number of aromatic nitrogens is 1. The van der Waals surface area contributed by atoms with Gasteiger partial charge in [0.25, 0.3) is 5.56 Å². The van der Waals surface area contributed by atoms with Crippen molar-refractivity contribution in [1.29, 1.82) is 0 Å². The lowest BCUT2D eigenvalue weighted by atomic mass is 9.90. The third-order valence-corrected chi connectivity index (χ3v) is 6.55. The number of benzene rings is 3. The van der Waals surface area contributed by atoms with Crippen LogP contribution in [0.25, 0.3) is 22.0 Å². The van der Waals surface area contributed by atoms with E-state index in [1.54, 1.807) is 0 Å². The quantitative estimate of drug-likeness (QED) is 0.448. The maximum absolute atomic E-state index is 13.5. The maximum atomic E-state index is 13.5. The molecule has 5 rings (SSSR count). The number of hydrogen-bond acceptors (Lipinski definition) is 4. The second-order valence-corrected chi connectivity index (χ2v) is 9.24. The van der Waals surface area contributed by atoms with Crippen molar-refractivity contribution < 1.29 is 4.79 Å². The number of nitrogens with zero attached hydrogens (tertiary/aromatic N) is 3. The van der Waals surface area contributed by atoms with Crippen LogP contribution in [0.2, 0.25) is 0 Å². The second kappa shape index (κ2) is 8.87. The van der Waals surface area contributed by atoms with Gasteiger partial charge in [-0.2, -0.15) is 5.10 Å². The highest BCUT2D eigenvalue weighted by Gasteiger charge is 2.34. The van der Waals surface area contributed by atoms with E-state index < -0.39 is 0 Å². The van der Waals surface area contributed by atoms with Crippen molar-refractivity contribution in [3.63, 3.8) is 0 Å². The largest absolute Gasteiger partial charge is 0.378 e. The molecule has 0 spiro atoms. The fraction of sp³-hybridized carbons (Fsp3) is 0.207. The number of carbonyl (C=O) groups is 1. The van der Waals surface area contributed by atoms with Crippen LogP contribution in [0.1, 0.15) is 36.1 Å². The molecule has 1 aliphatic rings. The molecule has 6 nitrogen and oxygen atoms in total. The molecule has 0 saturated carbocycles. The molecular formula is C29H28N4O2. The van der Waals surface area contributed by atoms with E-state index in [4.69, 9.17) is 5.10 Å². The van der Waals surface area contributed by atoms with Crippen LogP contribution < -0.4 is 10.5 Å². The van der Waals surface area contributed by atoms with Gasteiger partial charge in [0.1, 0.15) is 0 Å². The van der Waals surface area contributed by atoms with Gasteiger partial charge < -0.3 is 9.88 Å². The summed E-state index contributed by atoms with van der Waals surface area (Å²) >= 11 is 0. The molecule has 3 aromatic carbocycles. The molecule has 1 amide bonds. The van der Waals surface area contributed by atoms with Crippen LogP contribution in [0.5, 0.6) is 0 Å². The molecule has 1 aliphatic heterocycles. The van der Waals surface area contributed by atoms with Crippen LogP contribution in [0.4, 0.5) is 5.69 Å². The van der Waals surface area contributed by atoms with Crippen LogP contribution in [-0.2, 0) is 4.79 Å². The molecule has 4 aromatic rings. The SMILES string of the molecule is CC(=O)N1N=C(c2c(-c3ccccc3)c3ccc(C)cc3[nH]c2=O)CC1c1ccc(N(C)C)cc1. The Morgan fingerprint density at radius 2 is 1.71 bits per heavy atom. The number of nitrogens with one attached hydrogen (secondary N) is 1. The molecule has 1 aromatic heterocycles. The van der Waals surface area contributed by atoms with Crippen LogP contribution in [0.3, 0.4) is 0 Å². The van der Waals surface area contributed by atoms with Gasteiger partial charge in [-0.05, 0) is 41.8 Å². The van der Waals surface area contributed by atoms with E-state index in [1.807, 2.05) is 98.7 Å². The van der Waals surface area contributed by atoms with E-state index in [1.165, 1.54) is 11.9 Å². The van der Waals surface area contributed by atoms with Crippen molar-refractivity contribution in [2.24, 2.45) is 5.10 Å². The summed E-state index contributed by atoms with van der Waals surface area (Å²) < 4.78 is 0. The first kappa shape index (κ1) is 22.6. The smallest absolute Gasteiger partial charge is 0.258 e. The van der Waals surface area contributed by atoms with Gasteiger partial charge in [0.15, 0.2) is 0 Å². The number of aryl methyl sites for hydroxylation is 1. The molecule has 0 radical (unpaired) electrons. The molecule has 0 fully saturated rings. The Labute approximate surface area is 204 Å². The van der Waals surface area contributed by atoms with E-state index in [0.717, 1.165) is 38.8 Å². The van der Waals surface area contributed by atoms with E-state index in [9.17, 15) is 9.59 Å². The molecule has 0 aliphatic carbocycles. The Kier molecular flexibility index (Phi) is 5.73. The number of aromatic amines is 1. The van der Waals surface area contributed by atoms with Crippen LogP contribution in [0, 0.1) is 6.92 Å². The van der Waals surface area contributed by atoms with Crippen molar-refractivity contribution in [3.8, 4) is 11.1 Å². The molecule has 35 heavy (non-hydrogen) atoms. The number of carbonyl (C=O) groups excluding carboxylic acids is 1. The monoisotopic (exact) mass is 464 g/mol. The number of fused-ring (bicyclic) bond motifs is 1. The Bertz CT molecular complexity index is 1500. The first-order valence-electron chi connectivity index (χ1n) is 11.7. The van der Waals surface area contributed by atoms with Gasteiger partial charge >= 0.3 is 0 Å². The van der Waals surface area contributed by atoms with Gasteiger partial charge in [-0.3, -0.25) is 9.59 Å². The third-order valence-electron chi connectivity index (χ3n) is 6.55. The highest BCUT2D eigenvalue weighted by molar-refractivity contribution is 6.12. The number of pyridine rings is 1. The van der Waals surface area contributed by atoms with Crippen LogP contribution in [0.15, 0.2) is 82.7 Å². The number of rotatable bonds is 4. The summed E-state index contributed by atoms with van der Waals surface area (Å²) in [5.74, 6) is -0.157. The predicted molar refractivity (Wildman–Crippen MR) is 142 cm³/mol. The molecule has 0 bridgehead atoms. The summed E-state index contributed by atoms with van der Waals surface area (Å²) in [4.78, 5) is 31.2. The summed E-state index contributed by atoms with van der Waals surface area (Å²) in [6.45, 7) is 3.52. The van der Waals surface area contributed by atoms with Gasteiger partial charge in [-0.25, -0.2) is 5.01 Å². The zero-order valence-corrected chi connectivity index (χ0v) is 20.4. The first-order valence-corrected chi connectivity index (χ1v) is 11.7. The number of hydrazone groups is 1. The minimum atomic E-state index is -0.268. The summed E-state index contributed by atoms with van der Waals surface area (Å²) in [5, 5.41) is 7.17. The second-order valence-electron chi connectivity index (χ2n) is 9.24. The third kappa shape index (κ3) is 4.12. The highest BCUT2D eigenvalue weighted by Crippen LogP contribution is 2.37. The van der Waals surface area contributed by atoms with Crippen LogP contribution in [-0.4, -0.2) is 35.7 Å². The Morgan fingerprint density at radius 1 is 1.00 bits per heavy atom. The Morgan fingerprint density at radius 3 is 2.37 bits per heavy atom. The van der Waals surface area contributed by atoms with E-state index in [2.05, 4.69) is 4.98 Å². The molecule has 1 atom stereocenters. The average molecular weight is 465 g/mol. The number of hydrogen-bond donors (Lipinski definition) is 1. The predicted octanol–water partition coefficient (Wildman–Crippen LogP) is 5.27. The molecule has 1 N–H and O–H groups in total. The lowest BCUT2D eigenvalue weighted by Gasteiger charge is -2.21. The van der Waals surface area contributed by atoms with Gasteiger partial charge in [0.2, 0.25) is 5.91 Å². The lowest BCUT2D eigenvalue weighted by Crippen LogP contribution is -2.24. The average Bonchev–Trinajstić information content (AvgIpc) is 3.29. The topological polar surface area (TPSA) is 68.8 Å².